The topological polar surface area (TPSA) is 49.8 Å². The number of carbonyl (C=O) groups is 1. The van der Waals surface area contributed by atoms with Crippen LogP contribution < -0.4 is 0 Å². The molecule has 2 atom stereocenters. The van der Waals surface area contributed by atoms with E-state index in [4.69, 9.17) is 4.74 Å². The van der Waals surface area contributed by atoms with Crippen LogP contribution in [-0.2, 0) is 14.9 Å². The SMILES string of the molecule is CCOC1CN(C(=O)C2(c3ccccc3)CCCCC2)CC1O. The Hall–Kier alpha value is -1.39. The van der Waals surface area contributed by atoms with Gasteiger partial charge in [-0.25, -0.2) is 0 Å². The van der Waals surface area contributed by atoms with E-state index in [2.05, 4.69) is 12.1 Å². The smallest absolute Gasteiger partial charge is 0.233 e. The van der Waals surface area contributed by atoms with Crippen LogP contribution >= 0.6 is 0 Å². The zero-order valence-corrected chi connectivity index (χ0v) is 13.9. The number of β-amino-alcohol motifs (C(OH)–C–C–N with tert-alkyl or cyclic N) is 1. The highest BCUT2D eigenvalue weighted by Gasteiger charge is 2.46. The van der Waals surface area contributed by atoms with Gasteiger partial charge in [-0.3, -0.25) is 4.79 Å². The molecule has 1 aliphatic carbocycles. The second-order valence-corrected chi connectivity index (χ2v) is 6.78. The Morgan fingerprint density at radius 3 is 2.57 bits per heavy atom. The minimum atomic E-state index is -0.574. The Kier molecular flexibility index (Phi) is 5.02. The van der Waals surface area contributed by atoms with E-state index in [1.807, 2.05) is 30.0 Å². The molecule has 0 spiro atoms. The van der Waals surface area contributed by atoms with E-state index in [0.717, 1.165) is 31.2 Å². The van der Waals surface area contributed by atoms with Crippen molar-refractivity contribution in [2.24, 2.45) is 0 Å². The van der Waals surface area contributed by atoms with E-state index in [1.54, 1.807) is 0 Å². The number of rotatable bonds is 4. The summed E-state index contributed by atoms with van der Waals surface area (Å²) in [6, 6.07) is 10.2. The van der Waals surface area contributed by atoms with Crippen LogP contribution in [0.15, 0.2) is 30.3 Å². The van der Waals surface area contributed by atoms with Crippen molar-refractivity contribution in [3.8, 4) is 0 Å². The lowest BCUT2D eigenvalue weighted by Gasteiger charge is -2.39. The lowest BCUT2D eigenvalue weighted by molar-refractivity contribution is -0.138. The Labute approximate surface area is 138 Å². The van der Waals surface area contributed by atoms with Gasteiger partial charge in [0.2, 0.25) is 5.91 Å². The van der Waals surface area contributed by atoms with Crippen molar-refractivity contribution in [3.05, 3.63) is 35.9 Å². The summed E-state index contributed by atoms with van der Waals surface area (Å²) in [5.74, 6) is 0.171. The van der Waals surface area contributed by atoms with Crippen LogP contribution in [0.4, 0.5) is 0 Å². The summed E-state index contributed by atoms with van der Waals surface area (Å²) in [6.07, 6.45) is 4.36. The number of amides is 1. The van der Waals surface area contributed by atoms with E-state index in [-0.39, 0.29) is 12.0 Å². The molecule has 1 amide bonds. The van der Waals surface area contributed by atoms with Gasteiger partial charge in [-0.2, -0.15) is 0 Å². The molecule has 2 unspecified atom stereocenters. The van der Waals surface area contributed by atoms with E-state index in [1.165, 1.54) is 6.42 Å². The third-order valence-electron chi connectivity index (χ3n) is 5.35. The Bertz CT molecular complexity index is 525. The predicted molar refractivity (Wildman–Crippen MR) is 89.2 cm³/mol. The molecule has 1 saturated carbocycles. The number of likely N-dealkylation sites (tertiary alicyclic amines) is 1. The van der Waals surface area contributed by atoms with Crippen molar-refractivity contribution < 1.29 is 14.6 Å². The highest BCUT2D eigenvalue weighted by atomic mass is 16.5. The number of ether oxygens (including phenoxy) is 1. The average Bonchev–Trinajstić information content (AvgIpc) is 2.97. The van der Waals surface area contributed by atoms with Crippen molar-refractivity contribution in [3.63, 3.8) is 0 Å². The zero-order valence-electron chi connectivity index (χ0n) is 13.9. The van der Waals surface area contributed by atoms with Crippen LogP contribution in [0.3, 0.4) is 0 Å². The zero-order chi connectivity index (χ0) is 16.3. The van der Waals surface area contributed by atoms with Crippen molar-refractivity contribution in [2.45, 2.75) is 56.7 Å². The molecular weight excluding hydrogens is 290 g/mol. The lowest BCUT2D eigenvalue weighted by atomic mass is 9.68. The van der Waals surface area contributed by atoms with Crippen LogP contribution in [0.1, 0.15) is 44.6 Å². The quantitative estimate of drug-likeness (QED) is 0.928. The molecule has 23 heavy (non-hydrogen) atoms. The van der Waals surface area contributed by atoms with E-state index < -0.39 is 11.5 Å². The van der Waals surface area contributed by atoms with Crippen molar-refractivity contribution >= 4 is 5.91 Å². The average molecular weight is 317 g/mol. The number of benzene rings is 1. The molecule has 1 saturated heterocycles. The first kappa shape index (κ1) is 16.5. The number of hydrogen-bond donors (Lipinski definition) is 1. The maximum Gasteiger partial charge on any atom is 0.233 e. The van der Waals surface area contributed by atoms with Gasteiger partial charge in [0.1, 0.15) is 6.10 Å². The summed E-state index contributed by atoms with van der Waals surface area (Å²) in [5, 5.41) is 10.2. The first-order valence-corrected chi connectivity index (χ1v) is 8.82. The van der Waals surface area contributed by atoms with Gasteiger partial charge in [-0.1, -0.05) is 49.6 Å². The molecule has 1 heterocycles. The third kappa shape index (κ3) is 3.15. The second-order valence-electron chi connectivity index (χ2n) is 6.78. The van der Waals surface area contributed by atoms with Crippen molar-refractivity contribution in [2.75, 3.05) is 19.7 Å². The molecule has 0 radical (unpaired) electrons. The van der Waals surface area contributed by atoms with Crippen LogP contribution in [-0.4, -0.2) is 47.8 Å². The minimum absolute atomic E-state index is 0.171. The number of hydrogen-bond acceptors (Lipinski definition) is 3. The maximum absolute atomic E-state index is 13.4. The summed E-state index contributed by atoms with van der Waals surface area (Å²) in [5.41, 5.74) is 0.708. The monoisotopic (exact) mass is 317 g/mol. The summed E-state index contributed by atoms with van der Waals surface area (Å²) >= 11 is 0. The molecule has 1 aromatic carbocycles. The molecule has 1 N–H and O–H groups in total. The van der Waals surface area contributed by atoms with Crippen molar-refractivity contribution in [1.29, 1.82) is 0 Å². The van der Waals surface area contributed by atoms with Crippen LogP contribution in [0, 0.1) is 0 Å². The summed E-state index contributed by atoms with van der Waals surface area (Å²) in [7, 11) is 0. The molecule has 4 nitrogen and oxygen atoms in total. The van der Waals surface area contributed by atoms with Crippen LogP contribution in [0.5, 0.6) is 0 Å². The third-order valence-corrected chi connectivity index (χ3v) is 5.35. The van der Waals surface area contributed by atoms with E-state index in [9.17, 15) is 9.90 Å². The molecule has 4 heteroatoms. The fourth-order valence-corrected chi connectivity index (χ4v) is 4.14. The van der Waals surface area contributed by atoms with Crippen LogP contribution in [0.25, 0.3) is 0 Å². The highest BCUT2D eigenvalue weighted by molar-refractivity contribution is 5.88. The molecule has 126 valence electrons. The Balaban J connectivity index is 1.85. The number of aliphatic hydroxyl groups excluding tert-OH is 1. The minimum Gasteiger partial charge on any atom is -0.388 e. The van der Waals surface area contributed by atoms with Gasteiger partial charge in [0.05, 0.1) is 11.5 Å². The fourth-order valence-electron chi connectivity index (χ4n) is 4.14. The van der Waals surface area contributed by atoms with Gasteiger partial charge < -0.3 is 14.7 Å². The molecule has 1 aromatic rings. The first-order valence-electron chi connectivity index (χ1n) is 8.82. The summed E-state index contributed by atoms with van der Waals surface area (Å²) in [4.78, 5) is 15.2. The van der Waals surface area contributed by atoms with Crippen molar-refractivity contribution in [1.82, 2.24) is 4.90 Å². The van der Waals surface area contributed by atoms with Gasteiger partial charge in [-0.15, -0.1) is 0 Å². The standard InChI is InChI=1S/C19H27NO3/c1-2-23-17-14-20(13-16(17)21)18(22)19(11-7-4-8-12-19)15-9-5-3-6-10-15/h3,5-6,9-10,16-17,21H,2,4,7-8,11-14H2,1H3. The van der Waals surface area contributed by atoms with E-state index in [0.29, 0.717) is 19.7 Å². The molecule has 0 bridgehead atoms. The molecular formula is C19H27NO3. The largest absolute Gasteiger partial charge is 0.388 e. The number of carbonyl (C=O) groups excluding carboxylic acids is 1. The van der Waals surface area contributed by atoms with Gasteiger partial charge in [0.15, 0.2) is 0 Å². The predicted octanol–water partition coefficient (Wildman–Crippen LogP) is 2.50. The number of nitrogens with zero attached hydrogens (tertiary/aromatic N) is 1. The molecule has 0 aromatic heterocycles. The molecule has 1 aliphatic heterocycles. The van der Waals surface area contributed by atoms with Gasteiger partial charge in [0.25, 0.3) is 0 Å². The summed E-state index contributed by atoms with van der Waals surface area (Å²) in [6.45, 7) is 3.37. The summed E-state index contributed by atoms with van der Waals surface area (Å²) < 4.78 is 5.58. The fraction of sp³-hybridized carbons (Fsp3) is 0.632. The number of aliphatic hydroxyl groups is 1. The van der Waals surface area contributed by atoms with Gasteiger partial charge in [0, 0.05) is 19.7 Å². The van der Waals surface area contributed by atoms with Crippen LogP contribution in [0.2, 0.25) is 0 Å². The molecule has 2 aliphatic rings. The lowest BCUT2D eigenvalue weighted by Crippen LogP contribution is -2.47. The second kappa shape index (κ2) is 7.02. The normalized spacial score (nSPS) is 27.1. The van der Waals surface area contributed by atoms with E-state index >= 15 is 0 Å². The van der Waals surface area contributed by atoms with Gasteiger partial charge >= 0.3 is 0 Å². The van der Waals surface area contributed by atoms with Gasteiger partial charge in [-0.05, 0) is 25.3 Å². The Morgan fingerprint density at radius 1 is 1.22 bits per heavy atom. The molecule has 2 fully saturated rings. The Morgan fingerprint density at radius 2 is 1.91 bits per heavy atom. The highest BCUT2D eigenvalue weighted by Crippen LogP contribution is 2.41. The maximum atomic E-state index is 13.4. The first-order chi connectivity index (χ1) is 11.2. The molecule has 3 rings (SSSR count).